The van der Waals surface area contributed by atoms with E-state index in [9.17, 15) is 8.42 Å². The summed E-state index contributed by atoms with van der Waals surface area (Å²) in [7, 11) is -0.370. The van der Waals surface area contributed by atoms with E-state index < -0.39 is 10.0 Å². The molecule has 0 fully saturated rings. The van der Waals surface area contributed by atoms with Crippen LogP contribution in [0.3, 0.4) is 0 Å². The lowest BCUT2D eigenvalue weighted by atomic mass is 10.2. The summed E-state index contributed by atoms with van der Waals surface area (Å²) in [6, 6.07) is 6.33. The quantitative estimate of drug-likeness (QED) is 0.456. The lowest BCUT2D eigenvalue weighted by Crippen LogP contribution is -2.22. The molecule has 0 spiro atoms. The molecule has 5 nitrogen and oxygen atoms in total. The maximum absolute atomic E-state index is 11.7. The van der Waals surface area contributed by atoms with Crippen LogP contribution < -0.4 is 5.84 Å². The Kier molecular flexibility index (Phi) is 3.43. The summed E-state index contributed by atoms with van der Waals surface area (Å²) < 4.78 is 24.5. The molecule has 0 bridgehead atoms. The van der Waals surface area contributed by atoms with Gasteiger partial charge in [0.15, 0.2) is 0 Å². The van der Waals surface area contributed by atoms with Gasteiger partial charge in [0.05, 0.1) is 11.1 Å². The normalized spacial score (nSPS) is 12.5. The first-order chi connectivity index (χ1) is 6.98. The Morgan fingerprint density at radius 3 is 2.20 bits per heavy atom. The minimum atomic E-state index is -3.35. The molecule has 0 atom stereocenters. The zero-order valence-electron chi connectivity index (χ0n) is 8.58. The van der Waals surface area contributed by atoms with Gasteiger partial charge in [-0.15, -0.1) is 0 Å². The Morgan fingerprint density at radius 1 is 1.27 bits per heavy atom. The Balaban J connectivity index is 3.10. The van der Waals surface area contributed by atoms with Gasteiger partial charge >= 0.3 is 0 Å². The summed E-state index contributed by atoms with van der Waals surface area (Å²) in [6.45, 7) is 0. The van der Waals surface area contributed by atoms with Crippen LogP contribution in [0, 0.1) is 0 Å². The Hall–Kier alpha value is -1.40. The first kappa shape index (κ1) is 11.7. The van der Waals surface area contributed by atoms with E-state index in [1.807, 2.05) is 0 Å². The number of hydrogen-bond acceptors (Lipinski definition) is 4. The second-order valence-electron chi connectivity index (χ2n) is 3.13. The van der Waals surface area contributed by atoms with Crippen molar-refractivity contribution < 1.29 is 8.42 Å². The molecule has 0 aliphatic heterocycles. The number of nitrogens with two attached hydrogens (primary N) is 1. The fourth-order valence-corrected chi connectivity index (χ4v) is 1.92. The smallest absolute Gasteiger partial charge is 0.242 e. The number of nitrogens with zero attached hydrogens (tertiary/aromatic N) is 2. The predicted molar refractivity (Wildman–Crippen MR) is 59.1 cm³/mol. The van der Waals surface area contributed by atoms with E-state index in [-0.39, 0.29) is 4.90 Å². The lowest BCUT2D eigenvalue weighted by Gasteiger charge is -2.10. The van der Waals surface area contributed by atoms with Gasteiger partial charge in [-0.05, 0) is 17.7 Å². The largest absolute Gasteiger partial charge is 0.323 e. The molecule has 0 radical (unpaired) electrons. The van der Waals surface area contributed by atoms with Crippen molar-refractivity contribution in [2.75, 3.05) is 14.1 Å². The van der Waals surface area contributed by atoms with Gasteiger partial charge in [-0.25, -0.2) is 12.7 Å². The highest BCUT2D eigenvalue weighted by Gasteiger charge is 2.16. The van der Waals surface area contributed by atoms with Crippen LogP contribution in [0.4, 0.5) is 0 Å². The number of benzene rings is 1. The van der Waals surface area contributed by atoms with Crippen molar-refractivity contribution in [3.05, 3.63) is 29.8 Å². The molecule has 0 aliphatic carbocycles. The van der Waals surface area contributed by atoms with Gasteiger partial charge in [-0.2, -0.15) is 5.10 Å². The van der Waals surface area contributed by atoms with Crippen LogP contribution in [0.25, 0.3) is 0 Å². The summed E-state index contributed by atoms with van der Waals surface area (Å²) in [5.74, 6) is 4.98. The second-order valence-corrected chi connectivity index (χ2v) is 5.29. The Labute approximate surface area is 89.3 Å². The fourth-order valence-electron chi connectivity index (χ4n) is 1.02. The molecule has 6 heteroatoms. The third-order valence-corrected chi connectivity index (χ3v) is 3.71. The molecular formula is C9H13N3O2S. The van der Waals surface area contributed by atoms with Crippen LogP contribution in [0.1, 0.15) is 5.56 Å². The first-order valence-corrected chi connectivity index (χ1v) is 5.68. The van der Waals surface area contributed by atoms with Crippen molar-refractivity contribution in [1.29, 1.82) is 0 Å². The highest BCUT2D eigenvalue weighted by molar-refractivity contribution is 7.89. The molecular weight excluding hydrogens is 214 g/mol. The lowest BCUT2D eigenvalue weighted by molar-refractivity contribution is 0.521. The third kappa shape index (κ3) is 2.54. The monoisotopic (exact) mass is 227 g/mol. The molecule has 1 aromatic carbocycles. The van der Waals surface area contributed by atoms with Crippen LogP contribution in [-0.2, 0) is 10.0 Å². The molecule has 0 saturated heterocycles. The van der Waals surface area contributed by atoms with E-state index in [1.54, 1.807) is 12.1 Å². The van der Waals surface area contributed by atoms with E-state index in [0.29, 0.717) is 0 Å². The zero-order valence-corrected chi connectivity index (χ0v) is 9.40. The summed E-state index contributed by atoms with van der Waals surface area (Å²) in [6.07, 6.45) is 1.45. The highest BCUT2D eigenvalue weighted by Crippen LogP contribution is 2.12. The summed E-state index contributed by atoms with van der Waals surface area (Å²) in [5, 5.41) is 3.35. The van der Waals surface area contributed by atoms with Crippen molar-refractivity contribution in [2.24, 2.45) is 10.9 Å². The highest BCUT2D eigenvalue weighted by atomic mass is 32.2. The molecule has 0 aliphatic rings. The van der Waals surface area contributed by atoms with Crippen molar-refractivity contribution in [3.8, 4) is 0 Å². The molecule has 0 aromatic heterocycles. The zero-order chi connectivity index (χ0) is 11.5. The molecule has 0 heterocycles. The Bertz CT molecular complexity index is 449. The van der Waals surface area contributed by atoms with Gasteiger partial charge in [0.25, 0.3) is 0 Å². The van der Waals surface area contributed by atoms with E-state index in [1.165, 1.54) is 36.7 Å². The van der Waals surface area contributed by atoms with Gasteiger partial charge in [-0.1, -0.05) is 12.1 Å². The number of hydrogen-bond donors (Lipinski definition) is 1. The predicted octanol–water partition coefficient (Wildman–Crippen LogP) is 0.230. The van der Waals surface area contributed by atoms with Gasteiger partial charge in [0.1, 0.15) is 0 Å². The SMILES string of the molecule is CN(C)S(=O)(=O)c1ccc(C=NN)cc1. The van der Waals surface area contributed by atoms with E-state index in [2.05, 4.69) is 5.10 Å². The van der Waals surface area contributed by atoms with Crippen molar-refractivity contribution in [1.82, 2.24) is 4.31 Å². The number of rotatable bonds is 3. The van der Waals surface area contributed by atoms with Crippen LogP contribution in [0.2, 0.25) is 0 Å². The molecule has 1 rings (SSSR count). The molecule has 15 heavy (non-hydrogen) atoms. The minimum Gasteiger partial charge on any atom is -0.323 e. The molecule has 82 valence electrons. The fraction of sp³-hybridized carbons (Fsp3) is 0.222. The number of sulfonamides is 1. The van der Waals surface area contributed by atoms with E-state index in [0.717, 1.165) is 5.56 Å². The molecule has 1 aromatic rings. The molecule has 0 unspecified atom stereocenters. The van der Waals surface area contributed by atoms with Crippen LogP contribution in [-0.4, -0.2) is 33.0 Å². The maximum atomic E-state index is 11.7. The van der Waals surface area contributed by atoms with Gasteiger partial charge in [0, 0.05) is 14.1 Å². The van der Waals surface area contributed by atoms with Gasteiger partial charge in [0.2, 0.25) is 10.0 Å². The maximum Gasteiger partial charge on any atom is 0.242 e. The topological polar surface area (TPSA) is 75.8 Å². The average molecular weight is 227 g/mol. The molecule has 0 amide bonds. The van der Waals surface area contributed by atoms with Crippen LogP contribution >= 0.6 is 0 Å². The number of hydrazone groups is 1. The van der Waals surface area contributed by atoms with Gasteiger partial charge < -0.3 is 5.84 Å². The second kappa shape index (κ2) is 4.41. The summed E-state index contributed by atoms with van der Waals surface area (Å²) in [4.78, 5) is 0.252. The molecule has 0 saturated carbocycles. The first-order valence-electron chi connectivity index (χ1n) is 4.24. The van der Waals surface area contributed by atoms with Crippen molar-refractivity contribution in [2.45, 2.75) is 4.90 Å². The summed E-state index contributed by atoms with van der Waals surface area (Å²) in [5.41, 5.74) is 0.759. The Morgan fingerprint density at radius 2 is 1.80 bits per heavy atom. The van der Waals surface area contributed by atoms with Crippen LogP contribution in [0.15, 0.2) is 34.3 Å². The summed E-state index contributed by atoms with van der Waals surface area (Å²) >= 11 is 0. The standard InChI is InChI=1S/C9H13N3O2S/c1-12(2)15(13,14)9-5-3-8(4-6-9)7-11-10/h3-7H,10H2,1-2H3. The van der Waals surface area contributed by atoms with Crippen molar-refractivity contribution in [3.63, 3.8) is 0 Å². The van der Waals surface area contributed by atoms with Gasteiger partial charge in [-0.3, -0.25) is 0 Å². The van der Waals surface area contributed by atoms with Crippen LogP contribution in [0.5, 0.6) is 0 Å². The molecule has 2 N–H and O–H groups in total. The van der Waals surface area contributed by atoms with E-state index >= 15 is 0 Å². The minimum absolute atomic E-state index is 0.252. The van der Waals surface area contributed by atoms with E-state index in [4.69, 9.17) is 5.84 Å². The average Bonchev–Trinajstić information content (AvgIpc) is 2.19. The third-order valence-electron chi connectivity index (χ3n) is 1.88. The van der Waals surface area contributed by atoms with Crippen molar-refractivity contribution >= 4 is 16.2 Å².